The first-order chi connectivity index (χ1) is 8.40. The second kappa shape index (κ2) is 9.29. The number of nitrogens with zero attached hydrogens (tertiary/aromatic N) is 1. The average Bonchev–Trinajstić information content (AvgIpc) is 2.28. The van der Waals surface area contributed by atoms with Crippen molar-refractivity contribution < 1.29 is 31.5 Å². The molecule has 0 amide bonds. The summed E-state index contributed by atoms with van der Waals surface area (Å²) in [5.41, 5.74) is 1.50. The molecule has 0 bridgehead atoms. The fourth-order valence-electron chi connectivity index (χ4n) is 1.93. The normalized spacial score (nSPS) is 23.1. The highest BCUT2D eigenvalue weighted by Gasteiger charge is 2.32. The number of carbonyl (C=O) groups is 1. The Balaban J connectivity index is 0.00000324. The monoisotopic (exact) mass is 369 g/mol. The van der Waals surface area contributed by atoms with Gasteiger partial charge in [0.15, 0.2) is 5.71 Å². The molecule has 1 aliphatic heterocycles. The lowest BCUT2D eigenvalue weighted by Gasteiger charge is -2.30. The van der Waals surface area contributed by atoms with Crippen molar-refractivity contribution in [1.29, 1.82) is 0 Å². The van der Waals surface area contributed by atoms with E-state index in [1.807, 2.05) is 11.8 Å². The van der Waals surface area contributed by atoms with Crippen LogP contribution in [-0.2, 0) is 4.79 Å². The second-order valence-corrected chi connectivity index (χ2v) is 8.29. The molecule has 0 aromatic rings. The summed E-state index contributed by atoms with van der Waals surface area (Å²) in [6, 6.07) is 0. The predicted octanol–water partition coefficient (Wildman–Crippen LogP) is -0.211. The van der Waals surface area contributed by atoms with E-state index in [-0.39, 0.29) is 23.4 Å². The molecule has 112 valence electrons. The first-order valence-electron chi connectivity index (χ1n) is 6.41. The van der Waals surface area contributed by atoms with Crippen molar-refractivity contribution in [1.82, 2.24) is 0 Å². The van der Waals surface area contributed by atoms with E-state index in [4.69, 9.17) is 5.11 Å². The van der Waals surface area contributed by atoms with E-state index in [1.165, 1.54) is 12.1 Å². The fourth-order valence-corrected chi connectivity index (χ4v) is 5.11. The summed E-state index contributed by atoms with van der Waals surface area (Å²) < 4.78 is 2.75. The third-order valence-corrected chi connectivity index (χ3v) is 6.41. The molecule has 0 spiro atoms. The molecule has 3 nitrogen and oxygen atoms in total. The summed E-state index contributed by atoms with van der Waals surface area (Å²) in [5, 5.41) is 9.36. The van der Waals surface area contributed by atoms with Gasteiger partial charge in [0.1, 0.15) is 14.1 Å². The van der Waals surface area contributed by atoms with Crippen LogP contribution in [0.25, 0.3) is 0 Å². The van der Waals surface area contributed by atoms with Gasteiger partial charge in [0.2, 0.25) is 0 Å². The number of halogens is 1. The maximum atomic E-state index is 10.6. The Kier molecular flexibility index (Phi) is 9.45. The second-order valence-electron chi connectivity index (χ2n) is 5.23. The van der Waals surface area contributed by atoms with Crippen LogP contribution in [0.1, 0.15) is 33.1 Å². The van der Waals surface area contributed by atoms with Gasteiger partial charge < -0.3 is 22.1 Å². The average molecular weight is 370 g/mol. The van der Waals surface area contributed by atoms with Crippen LogP contribution < -0.4 is 17.0 Å². The quantitative estimate of drug-likeness (QED) is 0.680. The van der Waals surface area contributed by atoms with E-state index < -0.39 is 5.97 Å². The minimum atomic E-state index is -0.694. The summed E-state index contributed by atoms with van der Waals surface area (Å²) in [6.07, 6.45) is 2.53. The number of hydrogen-bond acceptors (Lipinski definition) is 3. The largest absolute Gasteiger partial charge is 1.00 e. The van der Waals surface area contributed by atoms with Crippen LogP contribution in [0.4, 0.5) is 0 Å². The topological polar surface area (TPSA) is 40.3 Å². The number of rotatable bonds is 5. The van der Waals surface area contributed by atoms with Crippen LogP contribution in [0.3, 0.4) is 0 Å². The van der Waals surface area contributed by atoms with Crippen molar-refractivity contribution >= 4 is 35.2 Å². The van der Waals surface area contributed by atoms with Crippen LogP contribution >= 0.6 is 23.5 Å². The summed E-state index contributed by atoms with van der Waals surface area (Å²) >= 11 is 3.84. The molecule has 1 saturated heterocycles. The molecular formula is C13H24BrNO2S2. The van der Waals surface area contributed by atoms with Crippen molar-refractivity contribution in [3.63, 3.8) is 0 Å². The van der Waals surface area contributed by atoms with Crippen LogP contribution in [0, 0.1) is 5.92 Å². The van der Waals surface area contributed by atoms with E-state index >= 15 is 0 Å². The first-order valence-corrected chi connectivity index (χ1v) is 8.40. The van der Waals surface area contributed by atoms with Gasteiger partial charge >= 0.3 is 5.97 Å². The number of carboxylic acid groups (broad SMARTS) is 1. The molecule has 1 aliphatic rings. The summed E-state index contributed by atoms with van der Waals surface area (Å²) in [7, 11) is 4.23. The van der Waals surface area contributed by atoms with Gasteiger partial charge in [-0.25, -0.2) is 4.58 Å². The molecule has 0 radical (unpaired) electrons. The zero-order valence-corrected chi connectivity index (χ0v) is 15.3. The van der Waals surface area contributed by atoms with Crippen LogP contribution in [0.15, 0.2) is 0 Å². The van der Waals surface area contributed by atoms with E-state index in [9.17, 15) is 4.79 Å². The zero-order chi connectivity index (χ0) is 13.7. The van der Waals surface area contributed by atoms with Crippen LogP contribution in [0.5, 0.6) is 0 Å². The highest BCUT2D eigenvalue weighted by Crippen LogP contribution is 2.40. The molecule has 6 heteroatoms. The molecule has 1 N–H and O–H groups in total. The molecule has 19 heavy (non-hydrogen) atoms. The fraction of sp³-hybridized carbons (Fsp3) is 0.846. The zero-order valence-electron chi connectivity index (χ0n) is 12.1. The number of aliphatic carboxylic acids is 1. The van der Waals surface area contributed by atoms with Gasteiger partial charge in [-0.2, -0.15) is 0 Å². The first kappa shape index (κ1) is 19.3. The van der Waals surface area contributed by atoms with E-state index in [2.05, 4.69) is 32.5 Å². The van der Waals surface area contributed by atoms with Gasteiger partial charge in [0.25, 0.3) is 0 Å². The molecule has 0 saturated carbocycles. The minimum absolute atomic E-state index is 0. The summed E-state index contributed by atoms with van der Waals surface area (Å²) in [6.45, 7) is 4.55. The lowest BCUT2D eigenvalue weighted by Crippen LogP contribution is -3.00. The lowest BCUT2D eigenvalue weighted by molar-refractivity contribution is -0.467. The lowest BCUT2D eigenvalue weighted by atomic mass is 10.0. The Morgan fingerprint density at radius 2 is 2.11 bits per heavy atom. The standard InChI is InChI=1S/C13H23NO2S2.BrH/c1-9(2)11-7-10(14(3)4)8-13(18-11)17-6-5-12(15)16;/h9,11,13H,5-8H2,1-4H3;1H. The van der Waals surface area contributed by atoms with Gasteiger partial charge in [-0.15, -0.1) is 23.5 Å². The predicted molar refractivity (Wildman–Crippen MR) is 81.1 cm³/mol. The molecule has 0 aromatic heterocycles. The molecule has 1 heterocycles. The highest BCUT2D eigenvalue weighted by molar-refractivity contribution is 8.17. The SMILES string of the molecule is CC(C)C1CC(=[N+](C)C)CC(SCCC(=O)O)S1.[Br-]. The third kappa shape index (κ3) is 7.04. The third-order valence-electron chi connectivity index (χ3n) is 3.16. The van der Waals surface area contributed by atoms with Crippen LogP contribution in [-0.4, -0.2) is 51.0 Å². The molecule has 2 unspecified atom stereocenters. The van der Waals surface area contributed by atoms with E-state index in [1.54, 1.807) is 11.8 Å². The summed E-state index contributed by atoms with van der Waals surface area (Å²) in [5.74, 6) is 0.701. The number of hydrogen-bond donors (Lipinski definition) is 1. The Labute approximate surface area is 135 Å². The van der Waals surface area contributed by atoms with Crippen molar-refractivity contribution in [3.8, 4) is 0 Å². The maximum absolute atomic E-state index is 10.6. The maximum Gasteiger partial charge on any atom is 0.304 e. The molecule has 1 rings (SSSR count). The minimum Gasteiger partial charge on any atom is -1.00 e. The van der Waals surface area contributed by atoms with Crippen molar-refractivity contribution in [3.05, 3.63) is 0 Å². The van der Waals surface area contributed by atoms with Gasteiger partial charge in [-0.05, 0) is 5.92 Å². The van der Waals surface area contributed by atoms with Gasteiger partial charge in [0, 0.05) is 23.8 Å². The van der Waals surface area contributed by atoms with Gasteiger partial charge in [0.05, 0.1) is 11.0 Å². The van der Waals surface area contributed by atoms with Gasteiger partial charge in [-0.3, -0.25) is 4.79 Å². The molecule has 0 aromatic carbocycles. The number of thioether (sulfide) groups is 2. The van der Waals surface area contributed by atoms with E-state index in [0.717, 1.165) is 12.2 Å². The Morgan fingerprint density at radius 3 is 2.58 bits per heavy atom. The Bertz CT molecular complexity index is 331. The Morgan fingerprint density at radius 1 is 1.47 bits per heavy atom. The van der Waals surface area contributed by atoms with Crippen molar-refractivity contribution in [2.75, 3.05) is 19.8 Å². The Hall–Kier alpha value is 0.320. The molecule has 1 fully saturated rings. The highest BCUT2D eigenvalue weighted by atomic mass is 79.9. The van der Waals surface area contributed by atoms with Gasteiger partial charge in [-0.1, -0.05) is 13.8 Å². The number of carboxylic acids is 1. The van der Waals surface area contributed by atoms with Crippen LogP contribution in [0.2, 0.25) is 0 Å². The summed E-state index contributed by atoms with van der Waals surface area (Å²) in [4.78, 5) is 10.6. The van der Waals surface area contributed by atoms with E-state index in [0.29, 0.717) is 15.7 Å². The smallest absolute Gasteiger partial charge is 0.304 e. The molecule has 0 aliphatic carbocycles. The van der Waals surface area contributed by atoms with Crippen molar-refractivity contribution in [2.24, 2.45) is 5.92 Å². The van der Waals surface area contributed by atoms with Crippen molar-refractivity contribution in [2.45, 2.75) is 42.9 Å². The molecule has 2 atom stereocenters. The molecular weight excluding hydrogens is 346 g/mol.